The monoisotopic (exact) mass is 295 g/mol. The zero-order valence-electron chi connectivity index (χ0n) is 13.0. The van der Waals surface area contributed by atoms with Gasteiger partial charge >= 0.3 is 0 Å². The molecule has 6 heteroatoms. The maximum atomic E-state index is 12.7. The van der Waals surface area contributed by atoms with Crippen LogP contribution < -0.4 is 10.5 Å². The van der Waals surface area contributed by atoms with Gasteiger partial charge in [0, 0.05) is 36.9 Å². The molecular formula is C16H17N5O. The minimum Gasteiger partial charge on any atom is -0.378 e. The largest absolute Gasteiger partial charge is 0.378 e. The lowest BCUT2D eigenvalue weighted by atomic mass is 10.1. The number of aryl methyl sites for hydroxylation is 2. The van der Waals surface area contributed by atoms with E-state index in [0.717, 1.165) is 16.8 Å². The molecule has 0 bridgehead atoms. The maximum Gasteiger partial charge on any atom is 0.280 e. The van der Waals surface area contributed by atoms with Crippen molar-refractivity contribution < 1.29 is 0 Å². The molecule has 0 atom stereocenters. The van der Waals surface area contributed by atoms with Crippen molar-refractivity contribution in [1.29, 1.82) is 0 Å². The average Bonchev–Trinajstić information content (AvgIpc) is 2.46. The Morgan fingerprint density at radius 1 is 1.09 bits per heavy atom. The Bertz CT molecular complexity index is 894. The molecule has 0 fully saturated rings. The molecule has 0 aliphatic heterocycles. The van der Waals surface area contributed by atoms with Gasteiger partial charge in [0.25, 0.3) is 5.56 Å². The molecule has 3 rings (SSSR count). The lowest BCUT2D eigenvalue weighted by Gasteiger charge is -2.13. The number of nitrogens with zero attached hydrogens (tertiary/aromatic N) is 5. The highest BCUT2D eigenvalue weighted by Gasteiger charge is 2.09. The summed E-state index contributed by atoms with van der Waals surface area (Å²) in [6.07, 6.45) is 1.68. The molecule has 2 heterocycles. The van der Waals surface area contributed by atoms with Gasteiger partial charge in [0.2, 0.25) is 0 Å². The molecule has 0 aliphatic carbocycles. The van der Waals surface area contributed by atoms with E-state index < -0.39 is 0 Å². The number of aromatic nitrogens is 4. The van der Waals surface area contributed by atoms with Gasteiger partial charge in [0.05, 0.1) is 11.6 Å². The van der Waals surface area contributed by atoms with Crippen molar-refractivity contribution in [3.63, 3.8) is 0 Å². The number of anilines is 1. The molecule has 1 aromatic carbocycles. The molecule has 22 heavy (non-hydrogen) atoms. The summed E-state index contributed by atoms with van der Waals surface area (Å²) >= 11 is 0. The van der Waals surface area contributed by atoms with Crippen LogP contribution in [0, 0.1) is 13.8 Å². The Morgan fingerprint density at radius 2 is 1.86 bits per heavy atom. The smallest absolute Gasteiger partial charge is 0.280 e. The summed E-state index contributed by atoms with van der Waals surface area (Å²) in [4.78, 5) is 23.2. The van der Waals surface area contributed by atoms with E-state index in [0.29, 0.717) is 17.0 Å². The van der Waals surface area contributed by atoms with Crippen LogP contribution >= 0.6 is 0 Å². The van der Waals surface area contributed by atoms with Crippen LogP contribution in [0.5, 0.6) is 0 Å². The van der Waals surface area contributed by atoms with E-state index in [4.69, 9.17) is 0 Å². The third kappa shape index (κ3) is 2.43. The van der Waals surface area contributed by atoms with Crippen LogP contribution in [0.15, 0.2) is 35.3 Å². The van der Waals surface area contributed by atoms with E-state index in [1.807, 2.05) is 44.1 Å². The van der Waals surface area contributed by atoms with Crippen molar-refractivity contribution in [2.75, 3.05) is 19.0 Å². The Kier molecular flexibility index (Phi) is 3.36. The molecule has 0 N–H and O–H groups in total. The molecule has 6 nitrogen and oxygen atoms in total. The molecule has 0 aliphatic rings. The molecule has 0 radical (unpaired) electrons. The van der Waals surface area contributed by atoms with Crippen LogP contribution in [0.25, 0.3) is 16.6 Å². The predicted molar refractivity (Wildman–Crippen MR) is 86.7 cm³/mol. The van der Waals surface area contributed by atoms with Crippen molar-refractivity contribution in [2.24, 2.45) is 0 Å². The van der Waals surface area contributed by atoms with Gasteiger partial charge in [-0.2, -0.15) is 9.78 Å². The molecule has 0 saturated heterocycles. The summed E-state index contributed by atoms with van der Waals surface area (Å²) in [6.45, 7) is 3.67. The van der Waals surface area contributed by atoms with Gasteiger partial charge in [-0.25, -0.2) is 9.97 Å². The third-order valence-corrected chi connectivity index (χ3v) is 3.46. The highest BCUT2D eigenvalue weighted by molar-refractivity contribution is 5.84. The zero-order valence-corrected chi connectivity index (χ0v) is 13.0. The Morgan fingerprint density at radius 3 is 2.55 bits per heavy atom. The van der Waals surface area contributed by atoms with E-state index in [-0.39, 0.29) is 5.56 Å². The number of benzene rings is 1. The minimum absolute atomic E-state index is 0.182. The summed E-state index contributed by atoms with van der Waals surface area (Å²) in [5.41, 5.74) is 1.59. The average molecular weight is 295 g/mol. The summed E-state index contributed by atoms with van der Waals surface area (Å²) < 4.78 is 1.32. The van der Waals surface area contributed by atoms with E-state index in [2.05, 4.69) is 15.1 Å². The Balaban J connectivity index is 2.27. The first-order valence-electron chi connectivity index (χ1n) is 6.98. The summed E-state index contributed by atoms with van der Waals surface area (Å²) in [5.74, 6) is 1.11. The van der Waals surface area contributed by atoms with E-state index >= 15 is 0 Å². The summed E-state index contributed by atoms with van der Waals surface area (Å²) in [5, 5.41) is 5.67. The first-order valence-corrected chi connectivity index (χ1v) is 6.98. The second kappa shape index (κ2) is 5.22. The topological polar surface area (TPSA) is 63.9 Å². The van der Waals surface area contributed by atoms with E-state index in [1.165, 1.54) is 4.68 Å². The first-order chi connectivity index (χ1) is 10.5. The number of fused-ring (bicyclic) bond motifs is 1. The Hall–Kier alpha value is -2.76. The fraction of sp³-hybridized carbons (Fsp3) is 0.250. The van der Waals surface area contributed by atoms with Crippen molar-refractivity contribution in [2.45, 2.75) is 13.8 Å². The van der Waals surface area contributed by atoms with Crippen LogP contribution in [0.4, 0.5) is 5.69 Å². The highest BCUT2D eigenvalue weighted by Crippen LogP contribution is 2.18. The first kappa shape index (κ1) is 14.2. The molecule has 0 saturated carbocycles. The van der Waals surface area contributed by atoms with Crippen molar-refractivity contribution in [3.8, 4) is 5.82 Å². The van der Waals surface area contributed by atoms with Crippen molar-refractivity contribution in [1.82, 2.24) is 19.7 Å². The number of rotatable bonds is 2. The lowest BCUT2D eigenvalue weighted by molar-refractivity contribution is 0.777. The lowest BCUT2D eigenvalue weighted by Crippen LogP contribution is -2.23. The van der Waals surface area contributed by atoms with Crippen LogP contribution in [-0.4, -0.2) is 33.8 Å². The van der Waals surface area contributed by atoms with Gasteiger partial charge in [0.15, 0.2) is 5.82 Å². The fourth-order valence-electron chi connectivity index (χ4n) is 2.38. The summed E-state index contributed by atoms with van der Waals surface area (Å²) in [7, 11) is 3.88. The van der Waals surface area contributed by atoms with Crippen LogP contribution in [-0.2, 0) is 0 Å². The minimum atomic E-state index is -0.182. The van der Waals surface area contributed by atoms with Crippen molar-refractivity contribution >= 4 is 16.5 Å². The van der Waals surface area contributed by atoms with Crippen molar-refractivity contribution in [3.05, 3.63) is 52.3 Å². The molecular weight excluding hydrogens is 278 g/mol. The van der Waals surface area contributed by atoms with Gasteiger partial charge in [-0.1, -0.05) is 6.07 Å². The van der Waals surface area contributed by atoms with Gasteiger partial charge in [-0.3, -0.25) is 4.79 Å². The molecule has 0 unspecified atom stereocenters. The second-order valence-electron chi connectivity index (χ2n) is 5.44. The Labute approximate surface area is 128 Å². The van der Waals surface area contributed by atoms with E-state index in [9.17, 15) is 4.79 Å². The van der Waals surface area contributed by atoms with Gasteiger partial charge in [-0.05, 0) is 26.0 Å². The third-order valence-electron chi connectivity index (χ3n) is 3.46. The molecule has 0 amide bonds. The molecule has 3 aromatic rings. The standard InChI is InChI=1S/C16H17N5O/c1-10-7-15(19-11(2)18-10)21-16(22)14-8-13(20(3)4)6-5-12(14)9-17-21/h5-9H,1-4H3. The van der Waals surface area contributed by atoms with Crippen LogP contribution in [0.2, 0.25) is 0 Å². The molecule has 2 aromatic heterocycles. The van der Waals surface area contributed by atoms with Gasteiger partial charge in [0.1, 0.15) is 5.82 Å². The summed E-state index contributed by atoms with van der Waals surface area (Å²) in [6, 6.07) is 7.49. The zero-order chi connectivity index (χ0) is 15.9. The number of hydrogen-bond acceptors (Lipinski definition) is 5. The SMILES string of the molecule is Cc1cc(-n2ncc3ccc(N(C)C)cc3c2=O)nc(C)n1. The highest BCUT2D eigenvalue weighted by atomic mass is 16.1. The van der Waals surface area contributed by atoms with Gasteiger partial charge < -0.3 is 4.90 Å². The molecule has 0 spiro atoms. The van der Waals surface area contributed by atoms with Crippen LogP contribution in [0.1, 0.15) is 11.5 Å². The molecule has 112 valence electrons. The second-order valence-corrected chi connectivity index (χ2v) is 5.44. The predicted octanol–water partition coefficient (Wildman–Crippen LogP) is 1.86. The normalized spacial score (nSPS) is 10.9. The van der Waals surface area contributed by atoms with Gasteiger partial charge in [-0.15, -0.1) is 0 Å². The fourth-order valence-corrected chi connectivity index (χ4v) is 2.38. The quantitative estimate of drug-likeness (QED) is 0.722. The maximum absolute atomic E-state index is 12.7. The van der Waals surface area contributed by atoms with Crippen LogP contribution in [0.3, 0.4) is 0 Å². The number of hydrogen-bond donors (Lipinski definition) is 0. The van der Waals surface area contributed by atoms with E-state index in [1.54, 1.807) is 19.2 Å².